The van der Waals surface area contributed by atoms with Gasteiger partial charge < -0.3 is 0 Å². The maximum atomic E-state index is 5.83. The summed E-state index contributed by atoms with van der Waals surface area (Å²) in [5.74, 6) is 1.98. The van der Waals surface area contributed by atoms with E-state index >= 15 is 0 Å². The van der Waals surface area contributed by atoms with Crippen LogP contribution in [0.4, 0.5) is 0 Å². The zero-order chi connectivity index (χ0) is 19.2. The Kier molecular flexibility index (Phi) is 11.3. The monoisotopic (exact) mass is 481 g/mol. The van der Waals surface area contributed by atoms with Crippen LogP contribution in [0.5, 0.6) is 11.5 Å². The van der Waals surface area contributed by atoms with Crippen molar-refractivity contribution in [3.05, 3.63) is 55.7 Å². The third-order valence-electron chi connectivity index (χ3n) is 4.38. The first-order valence-corrected chi connectivity index (χ1v) is 12.6. The summed E-state index contributed by atoms with van der Waals surface area (Å²) >= 11 is -0.152. The van der Waals surface area contributed by atoms with Gasteiger partial charge in [0, 0.05) is 0 Å². The van der Waals surface area contributed by atoms with Crippen molar-refractivity contribution in [2.24, 2.45) is 0 Å². The summed E-state index contributed by atoms with van der Waals surface area (Å²) < 4.78 is 14.5. The number of ether oxygens (including phenoxy) is 2. The summed E-state index contributed by atoms with van der Waals surface area (Å²) in [6.45, 7) is 6.12. The van der Waals surface area contributed by atoms with Gasteiger partial charge in [0.25, 0.3) is 0 Å². The fourth-order valence-corrected chi connectivity index (χ4v) is 4.91. The number of unbranched alkanes of at least 4 members (excludes halogenated alkanes) is 6. The Morgan fingerprint density at radius 3 is 1.33 bits per heavy atom. The molecular weight excluding hydrogens is 447 g/mol. The molecule has 0 bridgehead atoms. The summed E-state index contributed by atoms with van der Waals surface area (Å²) in [4.78, 5) is 0. The molecule has 27 heavy (non-hydrogen) atoms. The molecule has 0 radical (unpaired) electrons. The van der Waals surface area contributed by atoms with Crippen molar-refractivity contribution in [2.45, 2.75) is 65.2 Å². The third-order valence-corrected chi connectivity index (χ3v) is 7.06. The zero-order valence-electron chi connectivity index (χ0n) is 16.9. The first-order chi connectivity index (χ1) is 13.3. The molecule has 0 saturated heterocycles. The first kappa shape index (κ1) is 22.1. The molecule has 0 aliphatic carbocycles. The number of benzene rings is 2. The van der Waals surface area contributed by atoms with Crippen LogP contribution in [0.15, 0.2) is 48.5 Å². The fourth-order valence-electron chi connectivity index (χ4n) is 2.75. The van der Waals surface area contributed by atoms with Gasteiger partial charge in [0.15, 0.2) is 0 Å². The Morgan fingerprint density at radius 1 is 0.556 bits per heavy atom. The second-order valence-corrected chi connectivity index (χ2v) is 9.85. The molecule has 0 aliphatic heterocycles. The van der Waals surface area contributed by atoms with E-state index in [1.54, 1.807) is 0 Å². The van der Waals surface area contributed by atoms with Crippen LogP contribution in [0.2, 0.25) is 0 Å². The van der Waals surface area contributed by atoms with Gasteiger partial charge >= 0.3 is 176 Å². The number of hydrogen-bond donors (Lipinski definition) is 0. The van der Waals surface area contributed by atoms with Crippen LogP contribution in [0.25, 0.3) is 0 Å². The van der Waals surface area contributed by atoms with Gasteiger partial charge in [-0.3, -0.25) is 0 Å². The van der Waals surface area contributed by atoms with Crippen LogP contribution in [0.3, 0.4) is 0 Å². The predicted molar refractivity (Wildman–Crippen MR) is 110 cm³/mol. The molecule has 3 heteroatoms. The summed E-state index contributed by atoms with van der Waals surface area (Å²) in [5, 5.41) is 0. The maximum absolute atomic E-state index is 5.83. The predicted octanol–water partition coefficient (Wildman–Crippen LogP) is 3.73. The average Bonchev–Trinajstić information content (AvgIpc) is 2.70. The summed E-state index contributed by atoms with van der Waals surface area (Å²) in [7, 11) is 0. The molecule has 150 valence electrons. The van der Waals surface area contributed by atoms with Crippen LogP contribution in [0.1, 0.15) is 65.2 Å². The summed E-state index contributed by atoms with van der Waals surface area (Å²) in [6.07, 6.45) is 9.96. The van der Waals surface area contributed by atoms with Gasteiger partial charge in [-0.1, -0.05) is 0 Å². The Bertz CT molecular complexity index is 552. The molecule has 0 aliphatic rings. The molecule has 2 aromatic rings. The molecular formula is C24H34IO2-. The van der Waals surface area contributed by atoms with E-state index in [-0.39, 0.29) is 21.2 Å². The van der Waals surface area contributed by atoms with Gasteiger partial charge in [-0.15, -0.1) is 0 Å². The second-order valence-electron chi connectivity index (χ2n) is 6.82. The first-order valence-electron chi connectivity index (χ1n) is 10.4. The van der Waals surface area contributed by atoms with E-state index in [1.165, 1.54) is 45.7 Å². The summed E-state index contributed by atoms with van der Waals surface area (Å²) in [5.41, 5.74) is 0. The molecule has 2 aromatic carbocycles. The molecule has 0 aromatic heterocycles. The van der Waals surface area contributed by atoms with Gasteiger partial charge in [0.2, 0.25) is 0 Å². The molecule has 0 unspecified atom stereocenters. The normalized spacial score (nSPS) is 10.9. The molecule has 0 spiro atoms. The van der Waals surface area contributed by atoms with Crippen LogP contribution in [-0.2, 0) is 0 Å². The Balaban J connectivity index is 1.71. The average molecular weight is 481 g/mol. The van der Waals surface area contributed by atoms with E-state index in [2.05, 4.69) is 62.4 Å². The fraction of sp³-hybridized carbons (Fsp3) is 0.500. The summed E-state index contributed by atoms with van der Waals surface area (Å²) in [6, 6.07) is 17.3. The van der Waals surface area contributed by atoms with E-state index < -0.39 is 0 Å². The Morgan fingerprint density at radius 2 is 0.963 bits per heavy atom. The van der Waals surface area contributed by atoms with Crippen molar-refractivity contribution in [1.29, 1.82) is 0 Å². The SMILES string of the molecule is CCCCCCOc1ccc([I-]c2ccc(OCCCCCC)cc2)cc1. The molecule has 0 N–H and O–H groups in total. The van der Waals surface area contributed by atoms with Crippen LogP contribution < -0.4 is 30.7 Å². The minimum atomic E-state index is -0.152. The van der Waals surface area contributed by atoms with E-state index in [9.17, 15) is 0 Å². The topological polar surface area (TPSA) is 18.5 Å². The van der Waals surface area contributed by atoms with Crippen molar-refractivity contribution in [1.82, 2.24) is 0 Å². The molecule has 2 rings (SSSR count). The van der Waals surface area contributed by atoms with Crippen molar-refractivity contribution >= 4 is 0 Å². The van der Waals surface area contributed by atoms with Gasteiger partial charge in [-0.05, 0) is 0 Å². The molecule has 2 nitrogen and oxygen atoms in total. The van der Waals surface area contributed by atoms with Crippen LogP contribution >= 0.6 is 0 Å². The van der Waals surface area contributed by atoms with Crippen LogP contribution in [-0.4, -0.2) is 13.2 Å². The number of rotatable bonds is 14. The van der Waals surface area contributed by atoms with Gasteiger partial charge in [0.05, 0.1) is 0 Å². The standard InChI is InChI=1S/C24H34IO2/c1-3-5-7-9-19-26-23-15-11-21(12-16-23)25-22-13-17-24(18-14-22)27-20-10-8-6-4-2/h11-18H,3-10,19-20H2,1-2H3/q-1. The van der Waals surface area contributed by atoms with Crippen LogP contribution in [0, 0.1) is 7.14 Å². The van der Waals surface area contributed by atoms with Crippen molar-refractivity contribution in [2.75, 3.05) is 13.2 Å². The quantitative estimate of drug-likeness (QED) is 0.303. The minimum absolute atomic E-state index is 0.152. The number of halogens is 1. The molecule has 0 amide bonds. The molecule has 0 atom stereocenters. The van der Waals surface area contributed by atoms with E-state index in [0.717, 1.165) is 37.6 Å². The van der Waals surface area contributed by atoms with E-state index in [1.807, 2.05) is 0 Å². The van der Waals surface area contributed by atoms with E-state index in [4.69, 9.17) is 9.47 Å². The van der Waals surface area contributed by atoms with Gasteiger partial charge in [-0.2, -0.15) is 0 Å². The number of hydrogen-bond acceptors (Lipinski definition) is 2. The second kappa shape index (κ2) is 13.9. The Hall–Kier alpha value is -1.23. The molecule has 0 fully saturated rings. The van der Waals surface area contributed by atoms with Crippen molar-refractivity contribution < 1.29 is 30.7 Å². The van der Waals surface area contributed by atoms with Crippen molar-refractivity contribution in [3.8, 4) is 11.5 Å². The zero-order valence-corrected chi connectivity index (χ0v) is 19.0. The molecule has 0 saturated carbocycles. The van der Waals surface area contributed by atoms with Gasteiger partial charge in [-0.25, -0.2) is 0 Å². The third kappa shape index (κ3) is 9.50. The Labute approximate surface area is 175 Å². The van der Waals surface area contributed by atoms with Crippen molar-refractivity contribution in [3.63, 3.8) is 0 Å². The van der Waals surface area contributed by atoms with Gasteiger partial charge in [0.1, 0.15) is 0 Å². The van der Waals surface area contributed by atoms with E-state index in [0.29, 0.717) is 0 Å². The molecule has 0 heterocycles.